The number of carbonyl (C=O) groups excluding carboxylic acids is 1. The van der Waals surface area contributed by atoms with Crippen LogP contribution in [0.5, 0.6) is 0 Å². The van der Waals surface area contributed by atoms with Gasteiger partial charge in [0.05, 0.1) is 15.5 Å². The second kappa shape index (κ2) is 5.85. The summed E-state index contributed by atoms with van der Waals surface area (Å²) in [5.74, 6) is -1.27. The Kier molecular flexibility index (Phi) is 4.18. The molecule has 0 atom stereocenters. The number of imidazole rings is 1. The van der Waals surface area contributed by atoms with Crippen LogP contribution >= 0.6 is 22.9 Å². The summed E-state index contributed by atoms with van der Waals surface area (Å²) >= 11 is 6.94. The van der Waals surface area contributed by atoms with E-state index in [9.17, 15) is 9.59 Å². The topological polar surface area (TPSA) is 84.2 Å². The molecule has 0 radical (unpaired) electrons. The Hall–Kier alpha value is -1.86. The summed E-state index contributed by atoms with van der Waals surface area (Å²) in [7, 11) is 0. The summed E-state index contributed by atoms with van der Waals surface area (Å²) in [6.07, 6.45) is 2.83. The minimum atomic E-state index is -1.07. The molecular weight excluding hydrogens is 290 g/mol. The Morgan fingerprint density at radius 3 is 2.84 bits per heavy atom. The van der Waals surface area contributed by atoms with Crippen LogP contribution in [0.2, 0.25) is 4.34 Å². The van der Waals surface area contributed by atoms with Gasteiger partial charge in [0.15, 0.2) is 5.69 Å². The lowest BCUT2D eigenvalue weighted by molar-refractivity contribution is 0.0690. The number of carbonyl (C=O) groups is 2. The fourth-order valence-electron chi connectivity index (χ4n) is 1.41. The third-order valence-electron chi connectivity index (χ3n) is 2.30. The first-order valence-corrected chi connectivity index (χ1v) is 6.54. The molecule has 2 rings (SSSR count). The number of rotatable bonds is 5. The van der Waals surface area contributed by atoms with Crippen molar-refractivity contribution in [2.45, 2.75) is 6.54 Å². The fourth-order valence-corrected chi connectivity index (χ4v) is 2.37. The largest absolute Gasteiger partial charge is 0.476 e. The first-order valence-electron chi connectivity index (χ1n) is 5.35. The highest BCUT2D eigenvalue weighted by Gasteiger charge is 2.09. The summed E-state index contributed by atoms with van der Waals surface area (Å²) in [4.78, 5) is 26.6. The van der Waals surface area contributed by atoms with Crippen LogP contribution in [-0.4, -0.2) is 33.1 Å². The average molecular weight is 300 g/mol. The van der Waals surface area contributed by atoms with Crippen LogP contribution in [-0.2, 0) is 6.54 Å². The van der Waals surface area contributed by atoms with E-state index in [1.807, 2.05) is 0 Å². The van der Waals surface area contributed by atoms with Gasteiger partial charge in [0.1, 0.15) is 0 Å². The van der Waals surface area contributed by atoms with E-state index in [-0.39, 0.29) is 11.6 Å². The number of hydrogen-bond acceptors (Lipinski definition) is 4. The SMILES string of the molecule is O=C(O)c1cn(CCNC(=O)c2ccc(Cl)s2)cn1. The predicted octanol–water partition coefficient (Wildman–Crippen LogP) is 1.73. The maximum absolute atomic E-state index is 11.7. The number of nitrogens with zero attached hydrogens (tertiary/aromatic N) is 2. The Balaban J connectivity index is 1.83. The van der Waals surface area contributed by atoms with Crippen LogP contribution < -0.4 is 5.32 Å². The lowest BCUT2D eigenvalue weighted by Gasteiger charge is -2.03. The number of aromatic nitrogens is 2. The molecule has 19 heavy (non-hydrogen) atoms. The lowest BCUT2D eigenvalue weighted by atomic mass is 10.4. The van der Waals surface area contributed by atoms with Gasteiger partial charge in [0, 0.05) is 19.3 Å². The second-order valence-corrected chi connectivity index (χ2v) is 5.38. The van der Waals surface area contributed by atoms with E-state index in [1.165, 1.54) is 23.9 Å². The molecule has 0 unspecified atom stereocenters. The highest BCUT2D eigenvalue weighted by Crippen LogP contribution is 2.20. The van der Waals surface area contributed by atoms with Gasteiger partial charge in [-0.3, -0.25) is 4.79 Å². The quantitative estimate of drug-likeness (QED) is 0.880. The van der Waals surface area contributed by atoms with Gasteiger partial charge in [-0.1, -0.05) is 11.6 Å². The Labute approximate surface area is 117 Å². The molecule has 1 amide bonds. The summed E-state index contributed by atoms with van der Waals surface area (Å²) in [5.41, 5.74) is -0.0173. The highest BCUT2D eigenvalue weighted by atomic mass is 35.5. The molecule has 0 fully saturated rings. The molecular formula is C11H10ClN3O3S. The summed E-state index contributed by atoms with van der Waals surface area (Å²) in [6.45, 7) is 0.828. The Morgan fingerprint density at radius 1 is 1.47 bits per heavy atom. The smallest absolute Gasteiger partial charge is 0.356 e. The first kappa shape index (κ1) is 13.6. The maximum atomic E-state index is 11.7. The zero-order valence-corrected chi connectivity index (χ0v) is 11.2. The van der Waals surface area contributed by atoms with Gasteiger partial charge in [-0.05, 0) is 12.1 Å². The van der Waals surface area contributed by atoms with E-state index in [2.05, 4.69) is 10.3 Å². The van der Waals surface area contributed by atoms with Crippen molar-refractivity contribution in [2.75, 3.05) is 6.54 Å². The minimum Gasteiger partial charge on any atom is -0.476 e. The van der Waals surface area contributed by atoms with Gasteiger partial charge < -0.3 is 15.0 Å². The number of carboxylic acid groups (broad SMARTS) is 1. The van der Waals surface area contributed by atoms with Gasteiger partial charge in [-0.15, -0.1) is 11.3 Å². The molecule has 0 bridgehead atoms. The van der Waals surface area contributed by atoms with Gasteiger partial charge in [-0.2, -0.15) is 0 Å². The number of halogens is 1. The maximum Gasteiger partial charge on any atom is 0.356 e. The predicted molar refractivity (Wildman–Crippen MR) is 70.8 cm³/mol. The molecule has 2 aromatic heterocycles. The Bertz CT molecular complexity index is 608. The Morgan fingerprint density at radius 2 is 2.26 bits per heavy atom. The molecule has 2 N–H and O–H groups in total. The number of nitrogens with one attached hydrogen (secondary N) is 1. The van der Waals surface area contributed by atoms with E-state index in [0.29, 0.717) is 22.3 Å². The van der Waals surface area contributed by atoms with Crippen LogP contribution in [0.1, 0.15) is 20.2 Å². The van der Waals surface area contributed by atoms with Crippen LogP contribution in [0.25, 0.3) is 0 Å². The van der Waals surface area contributed by atoms with E-state index in [0.717, 1.165) is 0 Å². The van der Waals surface area contributed by atoms with Gasteiger partial charge >= 0.3 is 5.97 Å². The van der Waals surface area contributed by atoms with Crippen LogP contribution in [0, 0.1) is 0 Å². The van der Waals surface area contributed by atoms with Crippen LogP contribution in [0.3, 0.4) is 0 Å². The number of carboxylic acids is 1. The summed E-state index contributed by atoms with van der Waals surface area (Å²) in [5, 5.41) is 11.4. The molecule has 0 saturated carbocycles. The zero-order valence-electron chi connectivity index (χ0n) is 9.67. The van der Waals surface area contributed by atoms with E-state index >= 15 is 0 Å². The molecule has 0 aliphatic rings. The minimum absolute atomic E-state index is 0.0173. The number of hydrogen-bond donors (Lipinski definition) is 2. The van der Waals surface area contributed by atoms with Crippen LogP contribution in [0.15, 0.2) is 24.7 Å². The van der Waals surface area contributed by atoms with Crippen molar-refractivity contribution in [2.24, 2.45) is 0 Å². The molecule has 0 aliphatic carbocycles. The number of thiophene rings is 1. The normalized spacial score (nSPS) is 10.4. The van der Waals surface area contributed by atoms with Crippen molar-refractivity contribution in [1.82, 2.24) is 14.9 Å². The van der Waals surface area contributed by atoms with Crippen molar-refractivity contribution in [3.05, 3.63) is 39.6 Å². The molecule has 0 aromatic carbocycles. The molecule has 2 aromatic rings. The monoisotopic (exact) mass is 299 g/mol. The van der Waals surface area contributed by atoms with Crippen molar-refractivity contribution in [3.8, 4) is 0 Å². The van der Waals surface area contributed by atoms with Gasteiger partial charge in [-0.25, -0.2) is 9.78 Å². The second-order valence-electron chi connectivity index (χ2n) is 3.66. The van der Waals surface area contributed by atoms with Crippen LogP contribution in [0.4, 0.5) is 0 Å². The summed E-state index contributed by atoms with van der Waals surface area (Å²) in [6, 6.07) is 3.32. The van der Waals surface area contributed by atoms with Crippen molar-refractivity contribution in [3.63, 3.8) is 0 Å². The summed E-state index contributed by atoms with van der Waals surface area (Å²) < 4.78 is 2.16. The third-order valence-corrected chi connectivity index (χ3v) is 3.53. The molecule has 0 saturated heterocycles. The van der Waals surface area contributed by atoms with Gasteiger partial charge in [0.25, 0.3) is 5.91 Å². The van der Waals surface area contributed by atoms with Crippen molar-refractivity contribution < 1.29 is 14.7 Å². The molecule has 0 aliphatic heterocycles. The standard InChI is InChI=1S/C11H10ClN3O3S/c12-9-2-1-8(19-9)10(16)13-3-4-15-5-7(11(17)18)14-6-15/h1-2,5-6H,3-4H2,(H,13,16)(H,17,18). The number of amides is 1. The van der Waals surface area contributed by atoms with E-state index < -0.39 is 5.97 Å². The van der Waals surface area contributed by atoms with E-state index in [1.54, 1.807) is 16.7 Å². The molecule has 2 heterocycles. The first-order chi connectivity index (χ1) is 9.06. The number of aromatic carboxylic acids is 1. The van der Waals surface area contributed by atoms with Crippen molar-refractivity contribution in [1.29, 1.82) is 0 Å². The third kappa shape index (κ3) is 3.55. The molecule has 100 valence electrons. The molecule has 8 heteroatoms. The lowest BCUT2D eigenvalue weighted by Crippen LogP contribution is -2.26. The average Bonchev–Trinajstić information content (AvgIpc) is 2.98. The van der Waals surface area contributed by atoms with Gasteiger partial charge in [0.2, 0.25) is 0 Å². The fraction of sp³-hybridized carbons (Fsp3) is 0.182. The van der Waals surface area contributed by atoms with E-state index in [4.69, 9.17) is 16.7 Å². The molecule has 0 spiro atoms. The zero-order chi connectivity index (χ0) is 13.8. The van der Waals surface area contributed by atoms with Crippen molar-refractivity contribution >= 4 is 34.8 Å². The highest BCUT2D eigenvalue weighted by molar-refractivity contribution is 7.17. The molecule has 6 nitrogen and oxygen atoms in total.